The number of methoxy groups -OCH3 is 1. The van der Waals surface area contributed by atoms with E-state index in [1.165, 1.54) is 0 Å². The standard InChI is InChI=1S/C13H17ClN2O2/c1-16(13(17)8-5-9(15)6-8)10-3-4-12(18-2)11(14)7-10/h3-4,7-9H,5-6,15H2,1-2H3. The van der Waals surface area contributed by atoms with E-state index in [0.717, 1.165) is 18.5 Å². The van der Waals surface area contributed by atoms with E-state index >= 15 is 0 Å². The number of rotatable bonds is 3. The summed E-state index contributed by atoms with van der Waals surface area (Å²) in [6, 6.07) is 5.48. The Kier molecular flexibility index (Phi) is 3.78. The summed E-state index contributed by atoms with van der Waals surface area (Å²) < 4.78 is 5.08. The second kappa shape index (κ2) is 5.16. The maximum atomic E-state index is 12.1. The molecule has 0 bridgehead atoms. The van der Waals surface area contributed by atoms with Crippen molar-refractivity contribution >= 4 is 23.2 Å². The SMILES string of the molecule is COc1ccc(N(C)C(=O)C2CC(N)C2)cc1Cl. The molecular weight excluding hydrogens is 252 g/mol. The van der Waals surface area contributed by atoms with Gasteiger partial charge in [-0.3, -0.25) is 4.79 Å². The Morgan fingerprint density at radius 1 is 1.50 bits per heavy atom. The third-order valence-corrected chi connectivity index (χ3v) is 3.67. The predicted molar refractivity (Wildman–Crippen MR) is 72.1 cm³/mol. The number of halogens is 1. The highest BCUT2D eigenvalue weighted by molar-refractivity contribution is 6.32. The topological polar surface area (TPSA) is 55.6 Å². The summed E-state index contributed by atoms with van der Waals surface area (Å²) in [5, 5.41) is 0.500. The lowest BCUT2D eigenvalue weighted by Gasteiger charge is -2.34. The molecule has 18 heavy (non-hydrogen) atoms. The fourth-order valence-corrected chi connectivity index (χ4v) is 2.38. The van der Waals surface area contributed by atoms with Crippen LogP contribution in [0.15, 0.2) is 18.2 Å². The van der Waals surface area contributed by atoms with Gasteiger partial charge in [-0.1, -0.05) is 11.6 Å². The Hall–Kier alpha value is -1.26. The molecule has 0 aromatic heterocycles. The molecule has 2 rings (SSSR count). The van der Waals surface area contributed by atoms with Gasteiger partial charge in [-0.25, -0.2) is 0 Å². The fourth-order valence-electron chi connectivity index (χ4n) is 2.13. The van der Waals surface area contributed by atoms with Crippen LogP contribution in [0.1, 0.15) is 12.8 Å². The Bertz CT molecular complexity index is 458. The number of benzene rings is 1. The molecule has 0 aliphatic heterocycles. The lowest BCUT2D eigenvalue weighted by Crippen LogP contribution is -2.45. The van der Waals surface area contributed by atoms with Crippen LogP contribution >= 0.6 is 11.6 Å². The van der Waals surface area contributed by atoms with Crippen molar-refractivity contribution in [2.24, 2.45) is 11.7 Å². The third-order valence-electron chi connectivity index (χ3n) is 3.38. The zero-order chi connectivity index (χ0) is 13.3. The molecule has 2 N–H and O–H groups in total. The molecule has 1 saturated carbocycles. The smallest absolute Gasteiger partial charge is 0.229 e. The van der Waals surface area contributed by atoms with Gasteiger partial charge < -0.3 is 15.4 Å². The average molecular weight is 269 g/mol. The maximum absolute atomic E-state index is 12.1. The van der Waals surface area contributed by atoms with Crippen molar-refractivity contribution in [3.63, 3.8) is 0 Å². The van der Waals surface area contributed by atoms with Crippen LogP contribution in [0, 0.1) is 5.92 Å². The van der Waals surface area contributed by atoms with Crippen LogP contribution in [0.5, 0.6) is 5.75 Å². The van der Waals surface area contributed by atoms with Crippen molar-refractivity contribution in [2.45, 2.75) is 18.9 Å². The minimum absolute atomic E-state index is 0.0471. The van der Waals surface area contributed by atoms with E-state index in [0.29, 0.717) is 10.8 Å². The van der Waals surface area contributed by atoms with Crippen molar-refractivity contribution in [2.75, 3.05) is 19.1 Å². The van der Waals surface area contributed by atoms with Gasteiger partial charge in [0.15, 0.2) is 0 Å². The van der Waals surface area contributed by atoms with Gasteiger partial charge in [0.1, 0.15) is 5.75 Å². The normalized spacial score (nSPS) is 22.2. The molecule has 1 amide bonds. The molecule has 1 fully saturated rings. The summed E-state index contributed by atoms with van der Waals surface area (Å²) in [7, 11) is 3.32. The zero-order valence-corrected chi connectivity index (χ0v) is 11.3. The summed E-state index contributed by atoms with van der Waals surface area (Å²) in [6.07, 6.45) is 1.54. The molecule has 1 aliphatic rings. The molecule has 98 valence electrons. The molecule has 0 heterocycles. The Labute approximate surface area is 112 Å². The first-order chi connectivity index (χ1) is 8.52. The monoisotopic (exact) mass is 268 g/mol. The van der Waals surface area contributed by atoms with Gasteiger partial charge in [-0.15, -0.1) is 0 Å². The van der Waals surface area contributed by atoms with Gasteiger partial charge in [0.05, 0.1) is 12.1 Å². The first-order valence-electron chi connectivity index (χ1n) is 5.89. The second-order valence-corrected chi connectivity index (χ2v) is 5.05. The highest BCUT2D eigenvalue weighted by Gasteiger charge is 2.34. The molecule has 0 unspecified atom stereocenters. The summed E-state index contributed by atoms with van der Waals surface area (Å²) in [5.74, 6) is 0.746. The molecule has 4 nitrogen and oxygen atoms in total. The maximum Gasteiger partial charge on any atom is 0.229 e. The molecule has 5 heteroatoms. The molecular formula is C13H17ClN2O2. The van der Waals surface area contributed by atoms with E-state index in [1.807, 2.05) is 6.07 Å². The zero-order valence-electron chi connectivity index (χ0n) is 10.5. The minimum Gasteiger partial charge on any atom is -0.495 e. The van der Waals surface area contributed by atoms with Crippen LogP contribution < -0.4 is 15.4 Å². The van der Waals surface area contributed by atoms with E-state index in [9.17, 15) is 4.79 Å². The molecule has 0 saturated heterocycles. The van der Waals surface area contributed by atoms with E-state index < -0.39 is 0 Å². The number of amides is 1. The summed E-state index contributed by atoms with van der Waals surface area (Å²) >= 11 is 6.05. The van der Waals surface area contributed by atoms with Crippen LogP contribution in [-0.2, 0) is 4.79 Å². The number of hydrogen-bond donors (Lipinski definition) is 1. The number of nitrogens with zero attached hydrogens (tertiary/aromatic N) is 1. The molecule has 0 spiro atoms. The number of anilines is 1. The van der Waals surface area contributed by atoms with E-state index in [1.54, 1.807) is 31.2 Å². The van der Waals surface area contributed by atoms with E-state index in [4.69, 9.17) is 22.1 Å². The van der Waals surface area contributed by atoms with Crippen LogP contribution in [-0.4, -0.2) is 26.1 Å². The van der Waals surface area contributed by atoms with Crippen molar-refractivity contribution in [1.29, 1.82) is 0 Å². The number of ether oxygens (including phenoxy) is 1. The largest absolute Gasteiger partial charge is 0.495 e. The van der Waals surface area contributed by atoms with Crippen molar-refractivity contribution in [1.82, 2.24) is 0 Å². The first kappa shape index (κ1) is 13.2. The van der Waals surface area contributed by atoms with Crippen molar-refractivity contribution < 1.29 is 9.53 Å². The molecule has 1 aliphatic carbocycles. The Morgan fingerprint density at radius 3 is 2.67 bits per heavy atom. The molecule has 1 aromatic rings. The van der Waals surface area contributed by atoms with Crippen LogP contribution in [0.2, 0.25) is 5.02 Å². The molecule has 0 atom stereocenters. The number of carbonyl (C=O) groups is 1. The van der Waals surface area contributed by atoms with Gasteiger partial charge in [-0.2, -0.15) is 0 Å². The van der Waals surface area contributed by atoms with Crippen LogP contribution in [0.3, 0.4) is 0 Å². The molecule has 0 radical (unpaired) electrons. The van der Waals surface area contributed by atoms with Gasteiger partial charge in [-0.05, 0) is 31.0 Å². The van der Waals surface area contributed by atoms with Crippen LogP contribution in [0.25, 0.3) is 0 Å². The third kappa shape index (κ3) is 2.44. The summed E-state index contributed by atoms with van der Waals surface area (Å²) in [6.45, 7) is 0. The van der Waals surface area contributed by atoms with Crippen LogP contribution in [0.4, 0.5) is 5.69 Å². The fraction of sp³-hybridized carbons (Fsp3) is 0.462. The number of carbonyl (C=O) groups excluding carboxylic acids is 1. The number of nitrogens with two attached hydrogens (primary N) is 1. The van der Waals surface area contributed by atoms with Gasteiger partial charge in [0.25, 0.3) is 0 Å². The molecule has 1 aromatic carbocycles. The predicted octanol–water partition coefficient (Wildman–Crippen LogP) is 2.05. The first-order valence-corrected chi connectivity index (χ1v) is 6.27. The summed E-state index contributed by atoms with van der Waals surface area (Å²) in [4.78, 5) is 13.8. The second-order valence-electron chi connectivity index (χ2n) is 4.64. The van der Waals surface area contributed by atoms with Gasteiger partial charge in [0, 0.05) is 24.7 Å². The number of hydrogen-bond acceptors (Lipinski definition) is 3. The highest BCUT2D eigenvalue weighted by atomic mass is 35.5. The minimum atomic E-state index is 0.0471. The average Bonchev–Trinajstić information content (AvgIpc) is 2.33. The van der Waals surface area contributed by atoms with Crippen molar-refractivity contribution in [3.8, 4) is 5.75 Å². The lowest BCUT2D eigenvalue weighted by atomic mass is 9.80. The van der Waals surface area contributed by atoms with E-state index in [-0.39, 0.29) is 17.9 Å². The van der Waals surface area contributed by atoms with Gasteiger partial charge in [0.2, 0.25) is 5.91 Å². The van der Waals surface area contributed by atoms with Gasteiger partial charge >= 0.3 is 0 Å². The lowest BCUT2D eigenvalue weighted by molar-refractivity contribution is -0.124. The highest BCUT2D eigenvalue weighted by Crippen LogP contribution is 2.32. The van der Waals surface area contributed by atoms with E-state index in [2.05, 4.69) is 0 Å². The Balaban J connectivity index is 2.11. The van der Waals surface area contributed by atoms with Crippen molar-refractivity contribution in [3.05, 3.63) is 23.2 Å². The summed E-state index contributed by atoms with van der Waals surface area (Å²) in [5.41, 5.74) is 6.47. The quantitative estimate of drug-likeness (QED) is 0.913. The Morgan fingerprint density at radius 2 is 2.17 bits per heavy atom.